The Morgan fingerprint density at radius 3 is 2.39 bits per heavy atom. The Balaban J connectivity index is 1.93. The number of nitrogens with zero attached hydrogens (tertiary/aromatic N) is 1. The fraction of sp³-hybridized carbons (Fsp3) is 0.562. The van der Waals surface area contributed by atoms with Gasteiger partial charge in [-0.15, -0.1) is 0 Å². The molecule has 1 heterocycles. The normalized spacial score (nSPS) is 17.9. The van der Waals surface area contributed by atoms with Crippen LogP contribution in [-0.2, 0) is 11.2 Å². The number of carbonyl (C=O) groups is 1. The molecule has 1 aromatic carbocycles. The summed E-state index contributed by atoms with van der Waals surface area (Å²) in [6.07, 6.45) is 4.07. The van der Waals surface area contributed by atoms with Crippen molar-refractivity contribution in [2.24, 2.45) is 0 Å². The van der Waals surface area contributed by atoms with Gasteiger partial charge in [0.25, 0.3) is 0 Å². The summed E-state index contributed by atoms with van der Waals surface area (Å²) in [6.45, 7) is 4.07. The van der Waals surface area contributed by atoms with Gasteiger partial charge in [-0.2, -0.15) is 0 Å². The molecule has 1 fully saturated rings. The van der Waals surface area contributed by atoms with Crippen LogP contribution in [0.15, 0.2) is 24.3 Å². The summed E-state index contributed by atoms with van der Waals surface area (Å²) in [5.74, 6) is 0.998. The first-order valence-corrected chi connectivity index (χ1v) is 6.92. The Kier molecular flexibility index (Phi) is 4.54. The maximum atomic E-state index is 11.0. The minimum atomic E-state index is 0.273. The smallest absolute Gasteiger partial charge is 0.130 e. The summed E-state index contributed by atoms with van der Waals surface area (Å²) < 4.78 is 0. The molecule has 0 unspecified atom stereocenters. The number of aryl methyl sites for hydroxylation is 1. The molecule has 18 heavy (non-hydrogen) atoms. The van der Waals surface area contributed by atoms with E-state index < -0.39 is 0 Å². The number of carbonyl (C=O) groups excluding carboxylic acids is 1. The highest BCUT2D eigenvalue weighted by atomic mass is 16.1. The predicted molar refractivity (Wildman–Crippen MR) is 74.9 cm³/mol. The van der Waals surface area contributed by atoms with Crippen LogP contribution < -0.4 is 0 Å². The van der Waals surface area contributed by atoms with E-state index in [0.717, 1.165) is 12.3 Å². The van der Waals surface area contributed by atoms with Gasteiger partial charge in [0.1, 0.15) is 5.78 Å². The molecule has 98 valence electrons. The average molecular weight is 245 g/mol. The molecule has 0 N–H and O–H groups in total. The van der Waals surface area contributed by atoms with Gasteiger partial charge in [0.15, 0.2) is 0 Å². The van der Waals surface area contributed by atoms with Crippen molar-refractivity contribution < 1.29 is 4.79 Å². The molecule has 2 nitrogen and oxygen atoms in total. The second-order valence-corrected chi connectivity index (χ2v) is 5.52. The number of piperidine rings is 1. The van der Waals surface area contributed by atoms with E-state index in [9.17, 15) is 4.79 Å². The Hall–Kier alpha value is -1.15. The fourth-order valence-electron chi connectivity index (χ4n) is 2.62. The standard InChI is InChI=1S/C16H23NO/c1-13(18)3-4-14-5-7-15(8-6-14)16-9-11-17(2)12-10-16/h5-8,16H,3-4,9-12H2,1-2H3. The second kappa shape index (κ2) is 6.14. The SMILES string of the molecule is CC(=O)CCc1ccc(C2CCN(C)CC2)cc1. The van der Waals surface area contributed by atoms with Gasteiger partial charge in [-0.05, 0) is 63.4 Å². The number of hydrogen-bond donors (Lipinski definition) is 0. The quantitative estimate of drug-likeness (QED) is 0.812. The first kappa shape index (κ1) is 13.3. The maximum absolute atomic E-state index is 11.0. The van der Waals surface area contributed by atoms with Crippen molar-refractivity contribution in [3.63, 3.8) is 0 Å². The molecule has 0 saturated carbocycles. The van der Waals surface area contributed by atoms with Crippen molar-refractivity contribution in [3.8, 4) is 0 Å². The number of rotatable bonds is 4. The lowest BCUT2D eigenvalue weighted by Gasteiger charge is -2.29. The van der Waals surface area contributed by atoms with Crippen LogP contribution in [0.5, 0.6) is 0 Å². The van der Waals surface area contributed by atoms with Crippen molar-refractivity contribution in [1.29, 1.82) is 0 Å². The van der Waals surface area contributed by atoms with Crippen LogP contribution in [0.1, 0.15) is 43.2 Å². The van der Waals surface area contributed by atoms with Crippen molar-refractivity contribution in [2.45, 2.75) is 38.5 Å². The van der Waals surface area contributed by atoms with E-state index in [1.807, 2.05) is 0 Å². The summed E-state index contributed by atoms with van der Waals surface area (Å²) in [6, 6.07) is 8.89. The van der Waals surface area contributed by atoms with Crippen LogP contribution >= 0.6 is 0 Å². The zero-order chi connectivity index (χ0) is 13.0. The molecule has 0 aliphatic carbocycles. The molecule has 1 aliphatic heterocycles. The summed E-state index contributed by atoms with van der Waals surface area (Å²) in [5.41, 5.74) is 2.75. The van der Waals surface area contributed by atoms with Crippen molar-refractivity contribution >= 4 is 5.78 Å². The van der Waals surface area contributed by atoms with Gasteiger partial charge in [-0.3, -0.25) is 0 Å². The van der Waals surface area contributed by atoms with E-state index in [1.165, 1.54) is 37.1 Å². The maximum Gasteiger partial charge on any atom is 0.130 e. The lowest BCUT2D eigenvalue weighted by atomic mass is 9.89. The summed E-state index contributed by atoms with van der Waals surface area (Å²) >= 11 is 0. The highest BCUT2D eigenvalue weighted by molar-refractivity contribution is 5.75. The molecule has 0 aromatic heterocycles. The zero-order valence-electron chi connectivity index (χ0n) is 11.5. The third-order valence-electron chi connectivity index (χ3n) is 3.94. The first-order valence-electron chi connectivity index (χ1n) is 6.92. The average Bonchev–Trinajstić information content (AvgIpc) is 2.38. The highest BCUT2D eigenvalue weighted by Crippen LogP contribution is 2.27. The van der Waals surface area contributed by atoms with E-state index in [1.54, 1.807) is 6.92 Å². The lowest BCUT2D eigenvalue weighted by molar-refractivity contribution is -0.116. The van der Waals surface area contributed by atoms with E-state index in [0.29, 0.717) is 6.42 Å². The van der Waals surface area contributed by atoms with E-state index in [-0.39, 0.29) is 5.78 Å². The molecule has 1 aliphatic rings. The van der Waals surface area contributed by atoms with E-state index >= 15 is 0 Å². The van der Waals surface area contributed by atoms with Crippen molar-refractivity contribution in [1.82, 2.24) is 4.90 Å². The van der Waals surface area contributed by atoms with Gasteiger partial charge in [-0.25, -0.2) is 0 Å². The molecule has 1 aromatic rings. The monoisotopic (exact) mass is 245 g/mol. The number of ketones is 1. The number of Topliss-reactive ketones (excluding diaryl/α,β-unsaturated/α-hetero) is 1. The molecule has 2 heteroatoms. The van der Waals surface area contributed by atoms with Crippen LogP contribution in [0.2, 0.25) is 0 Å². The van der Waals surface area contributed by atoms with Crippen LogP contribution in [0, 0.1) is 0 Å². The summed E-state index contributed by atoms with van der Waals surface area (Å²) in [5, 5.41) is 0. The molecular weight excluding hydrogens is 222 g/mol. The van der Waals surface area contributed by atoms with Crippen LogP contribution in [0.4, 0.5) is 0 Å². The molecular formula is C16H23NO. The number of likely N-dealkylation sites (tertiary alicyclic amines) is 1. The fourth-order valence-corrected chi connectivity index (χ4v) is 2.62. The molecule has 2 rings (SSSR count). The Morgan fingerprint density at radius 2 is 1.83 bits per heavy atom. The zero-order valence-corrected chi connectivity index (χ0v) is 11.5. The highest BCUT2D eigenvalue weighted by Gasteiger charge is 2.17. The Labute approximate surface area is 110 Å². The lowest BCUT2D eigenvalue weighted by Crippen LogP contribution is -2.29. The van der Waals surface area contributed by atoms with Gasteiger partial charge >= 0.3 is 0 Å². The van der Waals surface area contributed by atoms with Gasteiger partial charge in [0, 0.05) is 6.42 Å². The second-order valence-electron chi connectivity index (χ2n) is 5.52. The largest absolute Gasteiger partial charge is 0.306 e. The minimum absolute atomic E-state index is 0.273. The number of hydrogen-bond acceptors (Lipinski definition) is 2. The van der Waals surface area contributed by atoms with Crippen molar-refractivity contribution in [3.05, 3.63) is 35.4 Å². The van der Waals surface area contributed by atoms with Gasteiger partial charge in [0.05, 0.1) is 0 Å². The molecule has 0 radical (unpaired) electrons. The first-order chi connectivity index (χ1) is 8.65. The van der Waals surface area contributed by atoms with E-state index in [2.05, 4.69) is 36.2 Å². The van der Waals surface area contributed by atoms with E-state index in [4.69, 9.17) is 0 Å². The third kappa shape index (κ3) is 3.67. The molecule has 0 bridgehead atoms. The van der Waals surface area contributed by atoms with Crippen LogP contribution in [-0.4, -0.2) is 30.8 Å². The minimum Gasteiger partial charge on any atom is -0.306 e. The number of benzene rings is 1. The summed E-state index contributed by atoms with van der Waals surface area (Å²) in [7, 11) is 2.20. The Morgan fingerprint density at radius 1 is 1.22 bits per heavy atom. The predicted octanol–water partition coefficient (Wildman–Crippen LogP) is 3.02. The third-order valence-corrected chi connectivity index (χ3v) is 3.94. The van der Waals surface area contributed by atoms with Gasteiger partial charge in [0.2, 0.25) is 0 Å². The molecule has 0 amide bonds. The molecule has 0 spiro atoms. The van der Waals surface area contributed by atoms with Gasteiger partial charge < -0.3 is 9.69 Å². The van der Waals surface area contributed by atoms with Crippen LogP contribution in [0.3, 0.4) is 0 Å². The van der Waals surface area contributed by atoms with Crippen LogP contribution in [0.25, 0.3) is 0 Å². The Bertz CT molecular complexity index is 388. The summed E-state index contributed by atoms with van der Waals surface area (Å²) in [4.78, 5) is 13.4. The van der Waals surface area contributed by atoms with Crippen molar-refractivity contribution in [2.75, 3.05) is 20.1 Å². The van der Waals surface area contributed by atoms with Gasteiger partial charge in [-0.1, -0.05) is 24.3 Å². The molecule has 1 saturated heterocycles. The topological polar surface area (TPSA) is 20.3 Å². The molecule has 0 atom stereocenters.